The van der Waals surface area contributed by atoms with Crippen molar-refractivity contribution in [2.45, 2.75) is 71.2 Å². The molecular weight excluding hydrogens is 411 g/mol. The topological polar surface area (TPSA) is 66.8 Å². The summed E-state index contributed by atoms with van der Waals surface area (Å²) in [5.74, 6) is -1.02. The molecule has 172 valence electrons. The lowest BCUT2D eigenvalue weighted by molar-refractivity contribution is -0.275. The van der Waals surface area contributed by atoms with Gasteiger partial charge in [0.25, 0.3) is 0 Å². The van der Waals surface area contributed by atoms with Gasteiger partial charge in [-0.2, -0.15) is 0 Å². The summed E-state index contributed by atoms with van der Waals surface area (Å²) in [5.41, 5.74) is 0.937. The Balaban J connectivity index is 1.97. The van der Waals surface area contributed by atoms with Crippen LogP contribution in [-0.4, -0.2) is 41.3 Å². The van der Waals surface area contributed by atoms with Crippen LogP contribution in [0.3, 0.4) is 0 Å². The van der Waals surface area contributed by atoms with Crippen LogP contribution in [0.15, 0.2) is 18.2 Å². The lowest BCUT2D eigenvalue weighted by Gasteiger charge is -2.54. The second kappa shape index (κ2) is 8.36. The Morgan fingerprint density at radius 3 is 2.58 bits per heavy atom. The highest BCUT2D eigenvalue weighted by Crippen LogP contribution is 2.53. The van der Waals surface area contributed by atoms with E-state index in [2.05, 4.69) is 18.6 Å². The molecule has 0 aromatic heterocycles. The number of piperidine rings is 1. The second-order valence-corrected chi connectivity index (χ2v) is 9.71. The summed E-state index contributed by atoms with van der Waals surface area (Å²) in [6.45, 7) is 6.22. The maximum absolute atomic E-state index is 13.1. The van der Waals surface area contributed by atoms with E-state index in [4.69, 9.17) is 5.11 Å². The highest BCUT2D eigenvalue weighted by atomic mass is 19.4. The number of benzene rings is 1. The highest BCUT2D eigenvalue weighted by molar-refractivity contribution is 5.78. The van der Waals surface area contributed by atoms with Crippen molar-refractivity contribution in [1.82, 2.24) is 4.90 Å². The summed E-state index contributed by atoms with van der Waals surface area (Å²) in [6.07, 6.45) is -2.88. The normalized spacial score (nSPS) is 28.2. The van der Waals surface area contributed by atoms with Gasteiger partial charge in [-0.15, -0.1) is 13.2 Å². The van der Waals surface area contributed by atoms with Gasteiger partial charge in [0.15, 0.2) is 0 Å². The fraction of sp³-hybridized carbons (Fsp3) is 0.652. The summed E-state index contributed by atoms with van der Waals surface area (Å²) in [6, 6.07) is 4.38. The van der Waals surface area contributed by atoms with E-state index in [1.54, 1.807) is 18.0 Å². The number of carboxylic acid groups (broad SMARTS) is 1. The molecule has 31 heavy (non-hydrogen) atoms. The van der Waals surface area contributed by atoms with Crippen molar-refractivity contribution in [2.24, 2.45) is 17.3 Å². The van der Waals surface area contributed by atoms with Crippen molar-refractivity contribution in [3.05, 3.63) is 29.3 Å². The lowest BCUT2D eigenvalue weighted by Crippen LogP contribution is -2.56. The van der Waals surface area contributed by atoms with Crippen molar-refractivity contribution in [2.75, 3.05) is 7.05 Å². The summed E-state index contributed by atoms with van der Waals surface area (Å²) in [5, 5.41) is 8.96. The molecule has 4 unspecified atom stereocenters. The maximum Gasteiger partial charge on any atom is 0.573 e. The minimum absolute atomic E-state index is 0.0566. The standard InChI is InChI=1S/C23H30F3NO4/c1-13-9-17-18(27(4)20(28)12-22(17,2)3)11-15(13)16-10-14(6-8-21(29)30)5-7-19(16)31-23(24,25)26/h5,7,10,13,15,17-18H,6,8-9,11-12H2,1-4H3,(H,29,30). The molecule has 1 aromatic carbocycles. The first-order valence-electron chi connectivity index (χ1n) is 10.6. The average molecular weight is 441 g/mol. The lowest BCUT2D eigenvalue weighted by atomic mass is 9.58. The van der Waals surface area contributed by atoms with E-state index in [9.17, 15) is 22.8 Å². The number of halogens is 3. The number of carbonyl (C=O) groups excluding carboxylic acids is 1. The molecule has 1 saturated carbocycles. The van der Waals surface area contributed by atoms with Crippen molar-refractivity contribution in [1.29, 1.82) is 0 Å². The summed E-state index contributed by atoms with van der Waals surface area (Å²) in [7, 11) is 1.78. The van der Waals surface area contributed by atoms with Gasteiger partial charge in [-0.25, -0.2) is 0 Å². The molecule has 5 nitrogen and oxygen atoms in total. The minimum Gasteiger partial charge on any atom is -0.481 e. The van der Waals surface area contributed by atoms with Crippen LogP contribution in [0.5, 0.6) is 5.75 Å². The van der Waals surface area contributed by atoms with Gasteiger partial charge in [-0.1, -0.05) is 32.9 Å². The van der Waals surface area contributed by atoms with Crippen molar-refractivity contribution < 1.29 is 32.6 Å². The third kappa shape index (κ3) is 5.15. The number of hydrogen-bond donors (Lipinski definition) is 1. The summed E-state index contributed by atoms with van der Waals surface area (Å²) < 4.78 is 43.6. The fourth-order valence-corrected chi connectivity index (χ4v) is 5.42. The number of rotatable bonds is 5. The third-order valence-electron chi connectivity index (χ3n) is 7.10. The number of aliphatic carboxylic acids is 1. The van der Waals surface area contributed by atoms with Gasteiger partial charge in [-0.05, 0) is 59.6 Å². The van der Waals surface area contributed by atoms with Crippen molar-refractivity contribution in [3.8, 4) is 5.75 Å². The van der Waals surface area contributed by atoms with E-state index in [0.29, 0.717) is 24.0 Å². The zero-order valence-electron chi connectivity index (χ0n) is 18.3. The number of ether oxygens (including phenoxy) is 1. The van der Waals surface area contributed by atoms with Crippen molar-refractivity contribution in [3.63, 3.8) is 0 Å². The Bertz CT molecular complexity index is 852. The van der Waals surface area contributed by atoms with E-state index in [1.165, 1.54) is 12.1 Å². The SMILES string of the molecule is CC1CC2C(CC1c1cc(CCC(=O)O)ccc1OC(F)(F)F)N(C)C(=O)CC2(C)C. The van der Waals surface area contributed by atoms with Crippen LogP contribution < -0.4 is 4.74 Å². The predicted octanol–water partition coefficient (Wildman–Crippen LogP) is 4.99. The van der Waals surface area contributed by atoms with Gasteiger partial charge in [0.2, 0.25) is 5.91 Å². The first-order chi connectivity index (χ1) is 14.3. The number of alkyl halides is 3. The van der Waals surface area contributed by atoms with Crippen LogP contribution in [0.1, 0.15) is 63.5 Å². The maximum atomic E-state index is 13.1. The Kier molecular flexibility index (Phi) is 6.31. The molecule has 0 spiro atoms. The minimum atomic E-state index is -4.82. The van der Waals surface area contributed by atoms with Crippen LogP contribution in [0, 0.1) is 17.3 Å². The van der Waals surface area contributed by atoms with E-state index < -0.39 is 12.3 Å². The molecule has 2 aliphatic rings. The van der Waals surface area contributed by atoms with Gasteiger partial charge in [-0.3, -0.25) is 9.59 Å². The van der Waals surface area contributed by atoms with Gasteiger partial charge in [0.05, 0.1) is 0 Å². The average Bonchev–Trinajstić information content (AvgIpc) is 2.64. The Morgan fingerprint density at radius 1 is 1.29 bits per heavy atom. The molecule has 3 rings (SSSR count). The van der Waals surface area contributed by atoms with Crippen LogP contribution in [-0.2, 0) is 16.0 Å². The van der Waals surface area contributed by atoms with Gasteiger partial charge in [0, 0.05) is 25.9 Å². The number of nitrogens with zero attached hydrogens (tertiary/aromatic N) is 1. The van der Waals surface area contributed by atoms with E-state index in [1.807, 2.05) is 6.92 Å². The molecule has 0 radical (unpaired) electrons. The van der Waals surface area contributed by atoms with Crippen LogP contribution in [0.25, 0.3) is 0 Å². The summed E-state index contributed by atoms with van der Waals surface area (Å²) in [4.78, 5) is 25.2. The Morgan fingerprint density at radius 2 is 1.97 bits per heavy atom. The zero-order chi connectivity index (χ0) is 23.1. The fourth-order valence-electron chi connectivity index (χ4n) is 5.42. The smallest absolute Gasteiger partial charge is 0.481 e. The molecule has 4 atom stereocenters. The third-order valence-corrected chi connectivity index (χ3v) is 7.10. The molecule has 1 saturated heterocycles. The molecule has 1 heterocycles. The van der Waals surface area contributed by atoms with E-state index >= 15 is 0 Å². The van der Waals surface area contributed by atoms with Crippen LogP contribution >= 0.6 is 0 Å². The Hall–Kier alpha value is -2.25. The number of amides is 1. The van der Waals surface area contributed by atoms with E-state index in [-0.39, 0.29) is 53.7 Å². The molecule has 1 aromatic rings. The summed E-state index contributed by atoms with van der Waals surface area (Å²) >= 11 is 0. The molecule has 1 amide bonds. The molecular formula is C23H30F3NO4. The largest absolute Gasteiger partial charge is 0.573 e. The number of carbonyl (C=O) groups is 2. The first-order valence-corrected chi connectivity index (χ1v) is 10.6. The zero-order valence-corrected chi connectivity index (χ0v) is 18.3. The molecule has 8 heteroatoms. The monoisotopic (exact) mass is 441 g/mol. The second-order valence-electron chi connectivity index (χ2n) is 9.71. The van der Waals surface area contributed by atoms with Gasteiger partial charge < -0.3 is 14.7 Å². The number of fused-ring (bicyclic) bond motifs is 1. The number of hydrogen-bond acceptors (Lipinski definition) is 3. The van der Waals surface area contributed by atoms with Crippen molar-refractivity contribution >= 4 is 11.9 Å². The highest BCUT2D eigenvalue weighted by Gasteiger charge is 2.50. The quantitative estimate of drug-likeness (QED) is 0.699. The number of carboxylic acids is 1. The van der Waals surface area contributed by atoms with Gasteiger partial charge >= 0.3 is 12.3 Å². The van der Waals surface area contributed by atoms with Crippen LogP contribution in [0.2, 0.25) is 0 Å². The number of likely N-dealkylation sites (tertiary alicyclic amines) is 1. The first kappa shape index (κ1) is 23.4. The molecule has 1 aliphatic carbocycles. The molecule has 2 fully saturated rings. The Labute approximate surface area is 180 Å². The molecule has 0 bridgehead atoms. The van der Waals surface area contributed by atoms with Crippen LogP contribution in [0.4, 0.5) is 13.2 Å². The number of aryl methyl sites for hydroxylation is 1. The molecule has 1 aliphatic heterocycles. The predicted molar refractivity (Wildman–Crippen MR) is 109 cm³/mol. The van der Waals surface area contributed by atoms with E-state index in [0.717, 1.165) is 6.42 Å². The molecule has 1 N–H and O–H groups in total. The van der Waals surface area contributed by atoms with Gasteiger partial charge in [0.1, 0.15) is 5.75 Å².